The summed E-state index contributed by atoms with van der Waals surface area (Å²) in [5, 5.41) is 12.4. The topological polar surface area (TPSA) is 113 Å². The third kappa shape index (κ3) is 2.87. The van der Waals surface area contributed by atoms with Crippen molar-refractivity contribution in [3.05, 3.63) is 65.9 Å². The van der Waals surface area contributed by atoms with E-state index < -0.39 is 10.0 Å². The van der Waals surface area contributed by atoms with Gasteiger partial charge in [-0.1, -0.05) is 36.4 Å². The van der Waals surface area contributed by atoms with Crippen molar-refractivity contribution in [1.29, 1.82) is 5.41 Å². The lowest BCUT2D eigenvalue weighted by Gasteiger charge is -2.18. The Hall–Kier alpha value is -3.13. The molecule has 0 amide bonds. The third-order valence-electron chi connectivity index (χ3n) is 4.63. The number of aromatic nitrogens is 1. The second kappa shape index (κ2) is 6.55. The van der Waals surface area contributed by atoms with Crippen molar-refractivity contribution in [2.45, 2.75) is 24.2 Å². The third-order valence-corrected chi connectivity index (χ3v) is 6.40. The van der Waals surface area contributed by atoms with Crippen molar-refractivity contribution in [2.75, 3.05) is 0 Å². The summed E-state index contributed by atoms with van der Waals surface area (Å²) >= 11 is 0. The fourth-order valence-electron chi connectivity index (χ4n) is 3.57. The van der Waals surface area contributed by atoms with Crippen LogP contribution in [-0.2, 0) is 16.4 Å². The van der Waals surface area contributed by atoms with Gasteiger partial charge in [-0.25, -0.2) is 17.8 Å². The molecule has 1 aromatic heterocycles. The van der Waals surface area contributed by atoms with E-state index >= 15 is 0 Å². The average molecular weight is 381 g/mol. The molecule has 4 N–H and O–H groups in total. The first-order chi connectivity index (χ1) is 13.0. The van der Waals surface area contributed by atoms with Crippen LogP contribution < -0.4 is 11.2 Å². The second-order valence-corrected chi connectivity index (χ2v) is 8.15. The summed E-state index contributed by atoms with van der Waals surface area (Å²) in [5.41, 5.74) is 10.7. The Morgan fingerprint density at radius 3 is 2.52 bits per heavy atom. The number of nitrogens with two attached hydrogens (primary N) is 1. The molecule has 1 heterocycles. The predicted octanol–water partition coefficient (Wildman–Crippen LogP) is 2.40. The summed E-state index contributed by atoms with van der Waals surface area (Å²) < 4.78 is 28.3. The zero-order valence-corrected chi connectivity index (χ0v) is 15.3. The van der Waals surface area contributed by atoms with Crippen LogP contribution in [0.25, 0.3) is 10.9 Å². The molecule has 0 atom stereocenters. The molecule has 3 aromatic rings. The summed E-state index contributed by atoms with van der Waals surface area (Å²) in [6, 6.07) is 15.9. The lowest BCUT2D eigenvalue weighted by atomic mass is 9.94. The first-order valence-corrected chi connectivity index (χ1v) is 10.0. The van der Waals surface area contributed by atoms with Gasteiger partial charge in [-0.15, -0.1) is 0 Å². The Balaban J connectivity index is 2.02. The standard InChI is InChI=1S/C19H19N5O2S/c20-19(21)23-22-15-10-6-12-17-18(15)14-9-4-5-11-16(14)24(17)27(25,26)13-7-2-1-3-8-13/h1-5,7-9,11H,6,10,12H2,(H4,20,21,23). The molecule has 0 saturated heterocycles. The Bertz CT molecular complexity index is 1160. The summed E-state index contributed by atoms with van der Waals surface area (Å²) in [6.07, 6.45) is 2.09. The van der Waals surface area contributed by atoms with Crippen LogP contribution in [-0.4, -0.2) is 24.1 Å². The molecule has 1 aliphatic rings. The molecule has 0 unspecified atom stereocenters. The molecule has 0 aliphatic heterocycles. The van der Waals surface area contributed by atoms with Gasteiger partial charge in [-0.05, 0) is 37.5 Å². The van der Waals surface area contributed by atoms with Gasteiger partial charge in [0.1, 0.15) is 0 Å². The van der Waals surface area contributed by atoms with E-state index in [1.807, 2.05) is 24.3 Å². The molecular formula is C19H19N5O2S. The van der Waals surface area contributed by atoms with Gasteiger partial charge in [-0.2, -0.15) is 5.10 Å². The zero-order valence-electron chi connectivity index (χ0n) is 14.5. The molecular weight excluding hydrogens is 362 g/mol. The van der Waals surface area contributed by atoms with Crippen molar-refractivity contribution in [2.24, 2.45) is 10.8 Å². The lowest BCUT2D eigenvalue weighted by molar-refractivity contribution is 0.586. The number of benzene rings is 2. The summed E-state index contributed by atoms with van der Waals surface area (Å²) in [4.78, 5) is 0.250. The normalized spacial score (nSPS) is 15.6. The van der Waals surface area contributed by atoms with Gasteiger partial charge in [0.25, 0.3) is 10.0 Å². The van der Waals surface area contributed by atoms with Crippen LogP contribution >= 0.6 is 0 Å². The van der Waals surface area contributed by atoms with Gasteiger partial charge >= 0.3 is 0 Å². The molecule has 2 aromatic carbocycles. The number of para-hydroxylation sites is 1. The number of nitrogens with one attached hydrogen (secondary N) is 2. The van der Waals surface area contributed by atoms with Crippen molar-refractivity contribution < 1.29 is 8.42 Å². The van der Waals surface area contributed by atoms with E-state index in [1.54, 1.807) is 30.3 Å². The fraction of sp³-hybridized carbons (Fsp3) is 0.158. The number of guanidine groups is 1. The van der Waals surface area contributed by atoms with Crippen LogP contribution in [0.3, 0.4) is 0 Å². The number of rotatable bonds is 3. The van der Waals surface area contributed by atoms with Gasteiger partial charge in [-0.3, -0.25) is 5.41 Å². The van der Waals surface area contributed by atoms with Crippen LogP contribution in [0.15, 0.2) is 64.6 Å². The fourth-order valence-corrected chi connectivity index (χ4v) is 5.18. The van der Waals surface area contributed by atoms with Gasteiger partial charge in [0.05, 0.1) is 16.1 Å². The van der Waals surface area contributed by atoms with Crippen molar-refractivity contribution in [3.63, 3.8) is 0 Å². The maximum absolute atomic E-state index is 13.4. The smallest absolute Gasteiger partial charge is 0.268 e. The van der Waals surface area contributed by atoms with Crippen LogP contribution in [0, 0.1) is 5.41 Å². The monoisotopic (exact) mass is 381 g/mol. The molecule has 1 aliphatic carbocycles. The molecule has 0 bridgehead atoms. The quantitative estimate of drug-likeness (QED) is 0.367. The highest BCUT2D eigenvalue weighted by atomic mass is 32.2. The largest absolute Gasteiger partial charge is 0.369 e. The van der Waals surface area contributed by atoms with Crippen molar-refractivity contribution >= 4 is 32.6 Å². The van der Waals surface area contributed by atoms with E-state index in [-0.39, 0.29) is 10.9 Å². The van der Waals surface area contributed by atoms with Gasteiger partial charge < -0.3 is 5.73 Å². The Morgan fingerprint density at radius 1 is 1.07 bits per heavy atom. The summed E-state index contributed by atoms with van der Waals surface area (Å²) in [7, 11) is -3.74. The first kappa shape index (κ1) is 17.3. The average Bonchev–Trinajstić information content (AvgIpc) is 3.02. The zero-order chi connectivity index (χ0) is 19.0. The van der Waals surface area contributed by atoms with Crippen LogP contribution in [0.4, 0.5) is 0 Å². The van der Waals surface area contributed by atoms with E-state index in [0.717, 1.165) is 23.1 Å². The van der Waals surface area contributed by atoms with E-state index in [2.05, 4.69) is 10.5 Å². The Morgan fingerprint density at radius 2 is 1.78 bits per heavy atom. The first-order valence-electron chi connectivity index (χ1n) is 8.60. The molecule has 8 heteroatoms. The van der Waals surface area contributed by atoms with E-state index in [1.165, 1.54) is 3.97 Å². The van der Waals surface area contributed by atoms with Crippen LogP contribution in [0.5, 0.6) is 0 Å². The summed E-state index contributed by atoms with van der Waals surface area (Å²) in [5.74, 6) is -0.254. The maximum atomic E-state index is 13.4. The summed E-state index contributed by atoms with van der Waals surface area (Å²) in [6.45, 7) is 0. The van der Waals surface area contributed by atoms with Gasteiger partial charge in [0.15, 0.2) is 0 Å². The van der Waals surface area contributed by atoms with Crippen LogP contribution in [0.1, 0.15) is 24.1 Å². The van der Waals surface area contributed by atoms with E-state index in [4.69, 9.17) is 11.1 Å². The minimum atomic E-state index is -3.74. The molecule has 0 saturated carbocycles. The predicted molar refractivity (Wildman–Crippen MR) is 105 cm³/mol. The molecule has 7 nitrogen and oxygen atoms in total. The highest BCUT2D eigenvalue weighted by Crippen LogP contribution is 2.35. The van der Waals surface area contributed by atoms with E-state index in [9.17, 15) is 8.42 Å². The molecule has 0 spiro atoms. The highest BCUT2D eigenvalue weighted by molar-refractivity contribution is 7.90. The second-order valence-electron chi connectivity index (χ2n) is 6.36. The number of hydrogen-bond acceptors (Lipinski definition) is 4. The molecule has 0 fully saturated rings. The Kier molecular flexibility index (Phi) is 4.19. The lowest BCUT2D eigenvalue weighted by Crippen LogP contribution is -2.28. The maximum Gasteiger partial charge on any atom is 0.268 e. The molecule has 0 radical (unpaired) electrons. The van der Waals surface area contributed by atoms with Gasteiger partial charge in [0, 0.05) is 16.6 Å². The molecule has 4 rings (SSSR count). The minimum absolute atomic E-state index is 0.250. The SMILES string of the molecule is N=C(N)NN=C1CCCc2c1c1ccccc1n2S(=O)(=O)c1ccccc1. The number of hydrogen-bond donors (Lipinski definition) is 3. The minimum Gasteiger partial charge on any atom is -0.369 e. The number of nitrogens with zero attached hydrogens (tertiary/aromatic N) is 2. The number of fused-ring (bicyclic) bond motifs is 3. The van der Waals surface area contributed by atoms with E-state index in [0.29, 0.717) is 24.1 Å². The number of hydrazone groups is 1. The van der Waals surface area contributed by atoms with Gasteiger partial charge in [0.2, 0.25) is 5.96 Å². The van der Waals surface area contributed by atoms with Crippen molar-refractivity contribution in [1.82, 2.24) is 9.40 Å². The molecule has 138 valence electrons. The van der Waals surface area contributed by atoms with Crippen molar-refractivity contribution in [3.8, 4) is 0 Å². The molecule has 27 heavy (non-hydrogen) atoms. The Labute approximate surface area is 157 Å². The highest BCUT2D eigenvalue weighted by Gasteiger charge is 2.30. The van der Waals surface area contributed by atoms with Crippen LogP contribution in [0.2, 0.25) is 0 Å².